The standard InChI is InChI=1S/C14H26/c1-7-9-14(11(3)4)10-13(14,6)12(5)8-2/h12H,3,7-10H2,1-2,4-6H3. The van der Waals surface area contributed by atoms with Crippen molar-refractivity contribution in [3.05, 3.63) is 12.2 Å². The molecule has 0 amide bonds. The highest BCUT2D eigenvalue weighted by atomic mass is 14.7. The zero-order valence-corrected chi connectivity index (χ0v) is 10.6. The molecule has 0 aliphatic heterocycles. The lowest BCUT2D eigenvalue weighted by atomic mass is 9.77. The van der Waals surface area contributed by atoms with Crippen LogP contribution in [-0.2, 0) is 0 Å². The summed E-state index contributed by atoms with van der Waals surface area (Å²) in [7, 11) is 0. The monoisotopic (exact) mass is 194 g/mol. The van der Waals surface area contributed by atoms with Crippen molar-refractivity contribution in [3.63, 3.8) is 0 Å². The first-order valence-electron chi connectivity index (χ1n) is 6.10. The molecule has 0 nitrogen and oxygen atoms in total. The van der Waals surface area contributed by atoms with Crippen LogP contribution in [0.25, 0.3) is 0 Å². The summed E-state index contributed by atoms with van der Waals surface area (Å²) in [6.45, 7) is 15.9. The molecule has 0 heterocycles. The minimum atomic E-state index is 0.483. The summed E-state index contributed by atoms with van der Waals surface area (Å²) in [6, 6.07) is 0. The highest BCUT2D eigenvalue weighted by Crippen LogP contribution is 2.73. The first kappa shape index (κ1) is 11.8. The second kappa shape index (κ2) is 3.72. The van der Waals surface area contributed by atoms with Gasteiger partial charge in [0, 0.05) is 0 Å². The van der Waals surface area contributed by atoms with Crippen molar-refractivity contribution in [2.24, 2.45) is 16.7 Å². The van der Waals surface area contributed by atoms with Crippen LogP contribution in [0.4, 0.5) is 0 Å². The smallest absolute Gasteiger partial charge is 0.00314 e. The zero-order chi connectivity index (χ0) is 11.0. The third-order valence-corrected chi connectivity index (χ3v) is 4.83. The molecular formula is C14H26. The topological polar surface area (TPSA) is 0 Å². The molecule has 3 unspecified atom stereocenters. The average molecular weight is 194 g/mol. The maximum Gasteiger partial charge on any atom is -0.00314 e. The molecular weight excluding hydrogens is 168 g/mol. The third kappa shape index (κ3) is 1.43. The molecule has 0 aromatic rings. The first-order chi connectivity index (χ1) is 6.44. The van der Waals surface area contributed by atoms with E-state index in [1.807, 2.05) is 0 Å². The van der Waals surface area contributed by atoms with Crippen LogP contribution in [-0.4, -0.2) is 0 Å². The van der Waals surface area contributed by atoms with Crippen LogP contribution in [0.2, 0.25) is 0 Å². The number of rotatable bonds is 5. The quantitative estimate of drug-likeness (QED) is 0.551. The fourth-order valence-corrected chi connectivity index (χ4v) is 3.33. The molecule has 0 N–H and O–H groups in total. The number of hydrogen-bond donors (Lipinski definition) is 0. The van der Waals surface area contributed by atoms with Crippen molar-refractivity contribution in [1.82, 2.24) is 0 Å². The molecule has 0 radical (unpaired) electrons. The van der Waals surface area contributed by atoms with Crippen LogP contribution in [0.1, 0.15) is 60.3 Å². The van der Waals surface area contributed by atoms with Crippen molar-refractivity contribution in [1.29, 1.82) is 0 Å². The second-order valence-electron chi connectivity index (χ2n) is 5.52. The fourth-order valence-electron chi connectivity index (χ4n) is 3.33. The minimum absolute atomic E-state index is 0.483. The van der Waals surface area contributed by atoms with Gasteiger partial charge in [0.05, 0.1) is 0 Å². The zero-order valence-electron chi connectivity index (χ0n) is 10.6. The van der Waals surface area contributed by atoms with Gasteiger partial charge in [-0.15, -0.1) is 0 Å². The SMILES string of the molecule is C=C(C)C1(CCC)CC1(C)C(C)CC. The second-order valence-corrected chi connectivity index (χ2v) is 5.52. The van der Waals surface area contributed by atoms with Crippen LogP contribution >= 0.6 is 0 Å². The van der Waals surface area contributed by atoms with E-state index in [4.69, 9.17) is 0 Å². The Morgan fingerprint density at radius 2 is 2.00 bits per heavy atom. The predicted octanol–water partition coefficient (Wildman–Crippen LogP) is 4.81. The molecule has 1 rings (SSSR count). The van der Waals surface area contributed by atoms with E-state index >= 15 is 0 Å². The van der Waals surface area contributed by atoms with Crippen molar-refractivity contribution in [2.75, 3.05) is 0 Å². The van der Waals surface area contributed by atoms with Gasteiger partial charge in [-0.1, -0.05) is 52.7 Å². The summed E-state index contributed by atoms with van der Waals surface area (Å²) < 4.78 is 0. The van der Waals surface area contributed by atoms with Crippen molar-refractivity contribution < 1.29 is 0 Å². The van der Waals surface area contributed by atoms with E-state index in [0.717, 1.165) is 5.92 Å². The van der Waals surface area contributed by atoms with Gasteiger partial charge in [0.2, 0.25) is 0 Å². The molecule has 0 spiro atoms. The summed E-state index contributed by atoms with van der Waals surface area (Å²) >= 11 is 0. The van der Waals surface area contributed by atoms with Crippen LogP contribution in [0.3, 0.4) is 0 Å². The van der Waals surface area contributed by atoms with Crippen molar-refractivity contribution in [3.8, 4) is 0 Å². The summed E-state index contributed by atoms with van der Waals surface area (Å²) in [6.07, 6.45) is 5.30. The van der Waals surface area contributed by atoms with Gasteiger partial charge in [-0.05, 0) is 36.5 Å². The predicted molar refractivity (Wildman–Crippen MR) is 64.3 cm³/mol. The average Bonchev–Trinajstić information content (AvgIpc) is 2.74. The molecule has 1 fully saturated rings. The fraction of sp³-hybridized carbons (Fsp3) is 0.857. The molecule has 0 heteroatoms. The van der Waals surface area contributed by atoms with E-state index in [9.17, 15) is 0 Å². The van der Waals surface area contributed by atoms with Gasteiger partial charge in [-0.3, -0.25) is 0 Å². The van der Waals surface area contributed by atoms with Gasteiger partial charge in [0.25, 0.3) is 0 Å². The summed E-state index contributed by atoms with van der Waals surface area (Å²) in [5.41, 5.74) is 2.45. The van der Waals surface area contributed by atoms with E-state index in [1.165, 1.54) is 31.3 Å². The molecule has 0 bridgehead atoms. The van der Waals surface area contributed by atoms with Gasteiger partial charge in [-0.2, -0.15) is 0 Å². The number of allylic oxidation sites excluding steroid dienone is 1. The van der Waals surface area contributed by atoms with Crippen molar-refractivity contribution in [2.45, 2.75) is 60.3 Å². The Morgan fingerprint density at radius 3 is 2.36 bits per heavy atom. The first-order valence-corrected chi connectivity index (χ1v) is 6.10. The van der Waals surface area contributed by atoms with Gasteiger partial charge < -0.3 is 0 Å². The highest BCUT2D eigenvalue weighted by molar-refractivity contribution is 5.27. The molecule has 0 saturated heterocycles. The van der Waals surface area contributed by atoms with Crippen LogP contribution in [0, 0.1) is 16.7 Å². The van der Waals surface area contributed by atoms with Gasteiger partial charge in [-0.25, -0.2) is 0 Å². The van der Waals surface area contributed by atoms with Gasteiger partial charge >= 0.3 is 0 Å². The van der Waals surface area contributed by atoms with Crippen LogP contribution < -0.4 is 0 Å². The Labute approximate surface area is 89.8 Å². The molecule has 0 aromatic carbocycles. The highest BCUT2D eigenvalue weighted by Gasteiger charge is 2.65. The van der Waals surface area contributed by atoms with E-state index in [-0.39, 0.29) is 0 Å². The minimum Gasteiger partial charge on any atom is -0.0996 e. The van der Waals surface area contributed by atoms with Crippen LogP contribution in [0.5, 0.6) is 0 Å². The van der Waals surface area contributed by atoms with E-state index in [0.29, 0.717) is 10.8 Å². The molecule has 1 aliphatic carbocycles. The maximum atomic E-state index is 4.22. The van der Waals surface area contributed by atoms with Gasteiger partial charge in [0.15, 0.2) is 0 Å². The molecule has 3 atom stereocenters. The summed E-state index contributed by atoms with van der Waals surface area (Å²) in [5, 5.41) is 0. The Hall–Kier alpha value is -0.260. The lowest BCUT2D eigenvalue weighted by Gasteiger charge is -2.27. The summed E-state index contributed by atoms with van der Waals surface area (Å²) in [5.74, 6) is 0.839. The Kier molecular flexibility index (Phi) is 3.13. The van der Waals surface area contributed by atoms with Gasteiger partial charge in [0.1, 0.15) is 0 Å². The Balaban J connectivity index is 2.82. The molecule has 1 saturated carbocycles. The normalized spacial score (nSPS) is 38.1. The maximum absolute atomic E-state index is 4.22. The van der Waals surface area contributed by atoms with Crippen LogP contribution in [0.15, 0.2) is 12.2 Å². The lowest BCUT2D eigenvalue weighted by molar-refractivity contribution is 0.268. The van der Waals surface area contributed by atoms with E-state index in [2.05, 4.69) is 41.2 Å². The molecule has 82 valence electrons. The molecule has 0 aromatic heterocycles. The molecule has 14 heavy (non-hydrogen) atoms. The molecule has 1 aliphatic rings. The van der Waals surface area contributed by atoms with E-state index < -0.39 is 0 Å². The Morgan fingerprint density at radius 1 is 1.43 bits per heavy atom. The van der Waals surface area contributed by atoms with Crippen molar-refractivity contribution >= 4 is 0 Å². The number of hydrogen-bond acceptors (Lipinski definition) is 0. The summed E-state index contributed by atoms with van der Waals surface area (Å²) in [4.78, 5) is 0. The Bertz CT molecular complexity index is 228. The van der Waals surface area contributed by atoms with E-state index in [1.54, 1.807) is 0 Å². The lowest BCUT2D eigenvalue weighted by Crippen LogP contribution is -2.19. The largest absolute Gasteiger partial charge is 0.0996 e. The third-order valence-electron chi connectivity index (χ3n) is 4.83.